The molecule has 0 unspecified atom stereocenters. The van der Waals surface area contributed by atoms with Crippen LogP contribution in [-0.2, 0) is 4.79 Å². The SMILES string of the molecule is CCCC1CCC(C2CCC3(CC2)CC2(CCC(C4CCC(CCC)CC4)CC2)C3=O)CC1. The topological polar surface area (TPSA) is 17.1 Å². The third kappa shape index (κ3) is 4.87. The van der Waals surface area contributed by atoms with E-state index in [1.54, 1.807) is 0 Å². The first-order valence-electron chi connectivity index (χ1n) is 15.6. The zero-order chi connectivity index (χ0) is 22.9. The summed E-state index contributed by atoms with van der Waals surface area (Å²) in [4.78, 5) is 13.7. The van der Waals surface area contributed by atoms with Crippen molar-refractivity contribution in [3.05, 3.63) is 0 Å². The number of Topliss-reactive ketones (excluding diaryl/α,β-unsaturated/α-hetero) is 1. The fraction of sp³-hybridized carbons (Fsp3) is 0.969. The monoisotopic (exact) mass is 454 g/mol. The molecular weight excluding hydrogens is 400 g/mol. The molecule has 5 saturated carbocycles. The number of carbonyl (C=O) groups excluding carboxylic acids is 1. The lowest BCUT2D eigenvalue weighted by molar-refractivity contribution is -0.170. The minimum absolute atomic E-state index is 0.140. The Kier molecular flexibility index (Phi) is 7.64. The minimum Gasteiger partial charge on any atom is -0.298 e. The van der Waals surface area contributed by atoms with Crippen molar-refractivity contribution in [3.63, 3.8) is 0 Å². The second kappa shape index (κ2) is 10.3. The zero-order valence-corrected chi connectivity index (χ0v) is 22.2. The summed E-state index contributed by atoms with van der Waals surface area (Å²) in [5.74, 6) is 6.67. The molecule has 0 aromatic heterocycles. The second-order valence-corrected chi connectivity index (χ2v) is 13.9. The Hall–Kier alpha value is -0.330. The van der Waals surface area contributed by atoms with Gasteiger partial charge in [0.15, 0.2) is 0 Å². The molecule has 0 bridgehead atoms. The van der Waals surface area contributed by atoms with Crippen molar-refractivity contribution in [2.75, 3.05) is 0 Å². The first-order chi connectivity index (χ1) is 16.1. The number of hydrogen-bond donors (Lipinski definition) is 0. The molecular formula is C32H54O. The zero-order valence-electron chi connectivity index (χ0n) is 22.2. The number of ketones is 1. The summed E-state index contributed by atoms with van der Waals surface area (Å²) in [6.45, 7) is 4.69. The summed E-state index contributed by atoms with van der Waals surface area (Å²) in [7, 11) is 0. The first-order valence-corrected chi connectivity index (χ1v) is 15.6. The summed E-state index contributed by atoms with van der Waals surface area (Å²) in [6, 6.07) is 0. The average Bonchev–Trinajstić information content (AvgIpc) is 2.86. The van der Waals surface area contributed by atoms with E-state index in [-0.39, 0.29) is 10.8 Å². The molecule has 0 aliphatic heterocycles. The molecule has 5 rings (SSSR count). The van der Waals surface area contributed by atoms with Crippen molar-refractivity contribution in [2.45, 2.75) is 149 Å². The molecule has 5 aliphatic carbocycles. The molecule has 0 aromatic carbocycles. The minimum atomic E-state index is 0.140. The van der Waals surface area contributed by atoms with E-state index in [9.17, 15) is 4.79 Å². The van der Waals surface area contributed by atoms with Crippen molar-refractivity contribution in [1.82, 2.24) is 0 Å². The Labute approximate surface area is 205 Å². The Bertz CT molecular complexity index is 577. The molecule has 5 aliphatic rings. The fourth-order valence-corrected chi connectivity index (χ4v) is 10.1. The van der Waals surface area contributed by atoms with Crippen LogP contribution in [0.3, 0.4) is 0 Å². The van der Waals surface area contributed by atoms with Gasteiger partial charge in [-0.2, -0.15) is 0 Å². The fourth-order valence-electron chi connectivity index (χ4n) is 10.1. The van der Waals surface area contributed by atoms with Crippen molar-refractivity contribution >= 4 is 5.78 Å². The van der Waals surface area contributed by atoms with Gasteiger partial charge in [-0.1, -0.05) is 65.2 Å². The van der Waals surface area contributed by atoms with Crippen LogP contribution in [0.25, 0.3) is 0 Å². The van der Waals surface area contributed by atoms with Crippen LogP contribution < -0.4 is 0 Å². The third-order valence-electron chi connectivity index (χ3n) is 12.1. The summed E-state index contributed by atoms with van der Waals surface area (Å²) >= 11 is 0. The van der Waals surface area contributed by atoms with Gasteiger partial charge in [0.1, 0.15) is 5.78 Å². The average molecular weight is 455 g/mol. The van der Waals surface area contributed by atoms with Crippen LogP contribution in [0.4, 0.5) is 0 Å². The molecule has 33 heavy (non-hydrogen) atoms. The normalized spacial score (nSPS) is 46.4. The lowest BCUT2D eigenvalue weighted by atomic mass is 9.42. The van der Waals surface area contributed by atoms with E-state index in [0.717, 1.165) is 41.3 Å². The highest BCUT2D eigenvalue weighted by molar-refractivity contribution is 5.96. The lowest BCUT2D eigenvalue weighted by Gasteiger charge is -2.60. The van der Waals surface area contributed by atoms with Gasteiger partial charge < -0.3 is 0 Å². The predicted octanol–water partition coefficient (Wildman–Crippen LogP) is 9.53. The van der Waals surface area contributed by atoms with Gasteiger partial charge >= 0.3 is 0 Å². The highest BCUT2D eigenvalue weighted by Crippen LogP contribution is 2.65. The van der Waals surface area contributed by atoms with Gasteiger partial charge in [0.25, 0.3) is 0 Å². The maximum Gasteiger partial charge on any atom is 0.145 e. The van der Waals surface area contributed by atoms with Crippen LogP contribution in [0.1, 0.15) is 149 Å². The standard InChI is InChI=1S/C32H54O/c1-3-5-24-7-11-26(12-8-24)28-15-19-31(20-16-28)23-32(30(31)33)21-17-29(18-22-32)27-13-9-25(6-4-2)10-14-27/h24-29H,3-23H2,1-2H3. The summed E-state index contributed by atoms with van der Waals surface area (Å²) in [5, 5.41) is 0. The third-order valence-corrected chi connectivity index (χ3v) is 12.1. The van der Waals surface area contributed by atoms with Crippen molar-refractivity contribution in [3.8, 4) is 0 Å². The number of rotatable bonds is 6. The second-order valence-electron chi connectivity index (χ2n) is 13.9. The first kappa shape index (κ1) is 24.4. The lowest BCUT2D eigenvalue weighted by Crippen LogP contribution is -2.60. The molecule has 188 valence electrons. The maximum absolute atomic E-state index is 13.7. The molecule has 0 amide bonds. The largest absolute Gasteiger partial charge is 0.298 e. The highest BCUT2D eigenvalue weighted by Gasteiger charge is 2.63. The maximum atomic E-state index is 13.7. The Morgan fingerprint density at radius 1 is 0.545 bits per heavy atom. The van der Waals surface area contributed by atoms with Crippen LogP contribution >= 0.6 is 0 Å². The van der Waals surface area contributed by atoms with Gasteiger partial charge in [0.2, 0.25) is 0 Å². The van der Waals surface area contributed by atoms with Gasteiger partial charge in [-0.15, -0.1) is 0 Å². The molecule has 1 heteroatoms. The molecule has 0 saturated heterocycles. The molecule has 5 fully saturated rings. The molecule has 0 N–H and O–H groups in total. The Morgan fingerprint density at radius 2 is 0.879 bits per heavy atom. The van der Waals surface area contributed by atoms with Crippen molar-refractivity contribution in [1.29, 1.82) is 0 Å². The van der Waals surface area contributed by atoms with E-state index in [0.29, 0.717) is 0 Å². The summed E-state index contributed by atoms with van der Waals surface area (Å²) in [5.41, 5.74) is 0.280. The number of carbonyl (C=O) groups is 1. The van der Waals surface area contributed by atoms with Gasteiger partial charge in [0.05, 0.1) is 0 Å². The predicted molar refractivity (Wildman–Crippen MR) is 139 cm³/mol. The molecule has 0 radical (unpaired) electrons. The van der Waals surface area contributed by atoms with Crippen LogP contribution in [0.5, 0.6) is 0 Å². The van der Waals surface area contributed by atoms with Gasteiger partial charge in [-0.05, 0) is 119 Å². The smallest absolute Gasteiger partial charge is 0.145 e. The Balaban J connectivity index is 1.06. The molecule has 0 aromatic rings. The molecule has 0 atom stereocenters. The number of hydrogen-bond acceptors (Lipinski definition) is 1. The van der Waals surface area contributed by atoms with E-state index < -0.39 is 0 Å². The quantitative estimate of drug-likeness (QED) is 0.390. The van der Waals surface area contributed by atoms with Crippen molar-refractivity contribution < 1.29 is 4.79 Å². The van der Waals surface area contributed by atoms with Crippen LogP contribution in [0, 0.1) is 46.3 Å². The van der Waals surface area contributed by atoms with E-state index in [4.69, 9.17) is 0 Å². The van der Waals surface area contributed by atoms with E-state index in [1.807, 2.05) is 0 Å². The van der Waals surface area contributed by atoms with Gasteiger partial charge in [0, 0.05) is 10.8 Å². The van der Waals surface area contributed by atoms with E-state index in [2.05, 4.69) is 13.8 Å². The van der Waals surface area contributed by atoms with E-state index >= 15 is 0 Å². The van der Waals surface area contributed by atoms with Crippen LogP contribution in [0.2, 0.25) is 0 Å². The summed E-state index contributed by atoms with van der Waals surface area (Å²) < 4.78 is 0. The molecule has 0 heterocycles. The highest BCUT2D eigenvalue weighted by atomic mass is 16.1. The van der Waals surface area contributed by atoms with E-state index in [1.165, 1.54) is 135 Å². The Morgan fingerprint density at radius 3 is 1.18 bits per heavy atom. The van der Waals surface area contributed by atoms with Gasteiger partial charge in [-0.25, -0.2) is 0 Å². The molecule has 1 nitrogen and oxygen atoms in total. The van der Waals surface area contributed by atoms with Gasteiger partial charge in [-0.3, -0.25) is 4.79 Å². The summed E-state index contributed by atoms with van der Waals surface area (Å²) in [6.07, 6.45) is 29.3. The van der Waals surface area contributed by atoms with Crippen LogP contribution in [0.15, 0.2) is 0 Å². The van der Waals surface area contributed by atoms with Crippen molar-refractivity contribution in [2.24, 2.45) is 46.3 Å². The van der Waals surface area contributed by atoms with Crippen LogP contribution in [-0.4, -0.2) is 5.78 Å². The molecule has 2 spiro atoms.